The number of oxazole rings is 1. The van der Waals surface area contributed by atoms with Crippen LogP contribution in [0.1, 0.15) is 30.4 Å². The third-order valence-electron chi connectivity index (χ3n) is 2.86. The Labute approximate surface area is 109 Å². The van der Waals surface area contributed by atoms with Crippen LogP contribution in [0.2, 0.25) is 0 Å². The molecule has 7 nitrogen and oxygen atoms in total. The van der Waals surface area contributed by atoms with Gasteiger partial charge in [-0.15, -0.1) is 10.2 Å². The van der Waals surface area contributed by atoms with Crippen LogP contribution in [-0.2, 0) is 0 Å². The summed E-state index contributed by atoms with van der Waals surface area (Å²) in [7, 11) is 0. The van der Waals surface area contributed by atoms with Crippen molar-refractivity contribution < 1.29 is 4.42 Å². The standard InChI is InChI=1S/C12H14N6O/c1-7-6-14-12(19-7)8(2)15-10-11-17-16-9(3)18(11)5-4-13-10/h4-6,8H,1-3H3,(H,13,15). The minimum atomic E-state index is -0.0931. The molecule has 0 amide bonds. The lowest BCUT2D eigenvalue weighted by molar-refractivity contribution is 0.453. The Kier molecular flexibility index (Phi) is 2.66. The summed E-state index contributed by atoms with van der Waals surface area (Å²) in [4.78, 5) is 8.49. The van der Waals surface area contributed by atoms with Gasteiger partial charge in [0.25, 0.3) is 0 Å². The van der Waals surface area contributed by atoms with Crippen LogP contribution in [0.25, 0.3) is 5.65 Å². The summed E-state index contributed by atoms with van der Waals surface area (Å²) in [5, 5.41) is 11.4. The molecule has 3 aromatic rings. The SMILES string of the molecule is Cc1cnc(C(C)Nc2nccn3c(C)nnc23)o1. The molecule has 1 atom stereocenters. The number of aryl methyl sites for hydroxylation is 2. The van der Waals surface area contributed by atoms with Crippen LogP contribution in [0.3, 0.4) is 0 Å². The predicted octanol–water partition coefficient (Wildman–Crippen LogP) is 1.90. The minimum Gasteiger partial charge on any atom is -0.444 e. The average Bonchev–Trinajstić information content (AvgIpc) is 2.98. The monoisotopic (exact) mass is 258 g/mol. The lowest BCUT2D eigenvalue weighted by Crippen LogP contribution is -2.09. The largest absolute Gasteiger partial charge is 0.444 e. The van der Waals surface area contributed by atoms with Crippen molar-refractivity contribution in [3.8, 4) is 0 Å². The van der Waals surface area contributed by atoms with Gasteiger partial charge in [0.1, 0.15) is 17.6 Å². The third-order valence-corrected chi connectivity index (χ3v) is 2.86. The molecule has 1 N–H and O–H groups in total. The number of anilines is 1. The molecule has 0 aromatic carbocycles. The highest BCUT2D eigenvalue weighted by Gasteiger charge is 2.15. The molecule has 0 bridgehead atoms. The highest BCUT2D eigenvalue weighted by atomic mass is 16.4. The van der Waals surface area contributed by atoms with Crippen molar-refractivity contribution in [1.82, 2.24) is 24.6 Å². The van der Waals surface area contributed by atoms with Crippen LogP contribution in [0.5, 0.6) is 0 Å². The van der Waals surface area contributed by atoms with E-state index in [0.717, 1.165) is 11.6 Å². The van der Waals surface area contributed by atoms with Crippen molar-refractivity contribution in [1.29, 1.82) is 0 Å². The van der Waals surface area contributed by atoms with Gasteiger partial charge >= 0.3 is 0 Å². The molecule has 3 rings (SSSR count). The van der Waals surface area contributed by atoms with E-state index in [1.54, 1.807) is 12.4 Å². The Hall–Kier alpha value is -2.44. The van der Waals surface area contributed by atoms with E-state index in [1.165, 1.54) is 0 Å². The molecule has 19 heavy (non-hydrogen) atoms. The van der Waals surface area contributed by atoms with Gasteiger partial charge in [0.05, 0.1) is 6.20 Å². The number of nitrogens with zero attached hydrogens (tertiary/aromatic N) is 5. The highest BCUT2D eigenvalue weighted by Crippen LogP contribution is 2.20. The number of fused-ring (bicyclic) bond motifs is 1. The number of nitrogens with one attached hydrogen (secondary N) is 1. The van der Waals surface area contributed by atoms with Crippen LogP contribution < -0.4 is 5.32 Å². The molecule has 0 aliphatic heterocycles. The second-order valence-electron chi connectivity index (χ2n) is 4.39. The summed E-state index contributed by atoms with van der Waals surface area (Å²) in [5.74, 6) is 2.89. The molecule has 3 heterocycles. The molecule has 0 fully saturated rings. The fourth-order valence-electron chi connectivity index (χ4n) is 1.88. The summed E-state index contributed by atoms with van der Waals surface area (Å²) < 4.78 is 7.37. The second-order valence-corrected chi connectivity index (χ2v) is 4.39. The fraction of sp³-hybridized carbons (Fsp3) is 0.333. The Morgan fingerprint density at radius 1 is 1.26 bits per heavy atom. The lowest BCUT2D eigenvalue weighted by Gasteiger charge is -2.11. The zero-order chi connectivity index (χ0) is 13.4. The van der Waals surface area contributed by atoms with E-state index in [0.29, 0.717) is 17.4 Å². The predicted molar refractivity (Wildman–Crippen MR) is 68.8 cm³/mol. The van der Waals surface area contributed by atoms with Crippen LogP contribution in [0, 0.1) is 13.8 Å². The molecule has 98 valence electrons. The van der Waals surface area contributed by atoms with E-state index in [9.17, 15) is 0 Å². The van der Waals surface area contributed by atoms with Gasteiger partial charge in [-0.3, -0.25) is 4.40 Å². The van der Waals surface area contributed by atoms with Gasteiger partial charge < -0.3 is 9.73 Å². The maximum absolute atomic E-state index is 5.49. The quantitative estimate of drug-likeness (QED) is 0.772. The van der Waals surface area contributed by atoms with Crippen molar-refractivity contribution >= 4 is 11.5 Å². The van der Waals surface area contributed by atoms with Gasteiger partial charge in [-0.25, -0.2) is 9.97 Å². The molecule has 3 aromatic heterocycles. The molecule has 1 unspecified atom stereocenters. The molecular weight excluding hydrogens is 244 g/mol. The third kappa shape index (κ3) is 2.03. The molecular formula is C12H14N6O. The lowest BCUT2D eigenvalue weighted by atomic mass is 10.3. The molecule has 0 spiro atoms. The smallest absolute Gasteiger partial charge is 0.216 e. The molecule has 0 aliphatic carbocycles. The van der Waals surface area contributed by atoms with Crippen LogP contribution in [0.15, 0.2) is 23.0 Å². The van der Waals surface area contributed by atoms with Crippen LogP contribution in [-0.4, -0.2) is 24.6 Å². The maximum atomic E-state index is 5.49. The topological polar surface area (TPSA) is 81.1 Å². The zero-order valence-electron chi connectivity index (χ0n) is 11.0. The fourth-order valence-corrected chi connectivity index (χ4v) is 1.88. The number of hydrogen-bond donors (Lipinski definition) is 1. The van der Waals surface area contributed by atoms with Gasteiger partial charge in [-0.2, -0.15) is 0 Å². The summed E-state index contributed by atoms with van der Waals surface area (Å²) in [5.41, 5.74) is 0.690. The first-order valence-electron chi connectivity index (χ1n) is 6.00. The molecule has 0 aliphatic rings. The summed E-state index contributed by atoms with van der Waals surface area (Å²) in [6, 6.07) is -0.0931. The number of aromatic nitrogens is 5. The highest BCUT2D eigenvalue weighted by molar-refractivity contribution is 5.62. The van der Waals surface area contributed by atoms with Crippen molar-refractivity contribution in [2.45, 2.75) is 26.8 Å². The van der Waals surface area contributed by atoms with Gasteiger partial charge in [0.15, 0.2) is 5.82 Å². The first kappa shape index (κ1) is 11.6. The minimum absolute atomic E-state index is 0.0931. The maximum Gasteiger partial charge on any atom is 0.216 e. The Morgan fingerprint density at radius 2 is 2.11 bits per heavy atom. The molecule has 0 saturated carbocycles. The zero-order valence-corrected chi connectivity index (χ0v) is 11.0. The van der Waals surface area contributed by atoms with E-state index in [2.05, 4.69) is 25.5 Å². The number of hydrogen-bond acceptors (Lipinski definition) is 6. The summed E-state index contributed by atoms with van der Waals surface area (Å²) >= 11 is 0. The number of rotatable bonds is 3. The summed E-state index contributed by atoms with van der Waals surface area (Å²) in [6.45, 7) is 5.72. The first-order chi connectivity index (χ1) is 9.15. The van der Waals surface area contributed by atoms with Crippen molar-refractivity contribution in [3.05, 3.63) is 36.1 Å². The van der Waals surface area contributed by atoms with Crippen molar-refractivity contribution in [3.63, 3.8) is 0 Å². The molecule has 7 heteroatoms. The molecule has 0 radical (unpaired) electrons. The van der Waals surface area contributed by atoms with Crippen LogP contribution in [0.4, 0.5) is 5.82 Å². The van der Waals surface area contributed by atoms with Crippen molar-refractivity contribution in [2.75, 3.05) is 5.32 Å². The normalized spacial score (nSPS) is 12.8. The van der Waals surface area contributed by atoms with Crippen molar-refractivity contribution in [2.24, 2.45) is 0 Å². The van der Waals surface area contributed by atoms with Gasteiger partial charge in [-0.05, 0) is 20.8 Å². The van der Waals surface area contributed by atoms with E-state index in [-0.39, 0.29) is 6.04 Å². The van der Waals surface area contributed by atoms with E-state index in [1.807, 2.05) is 31.4 Å². The van der Waals surface area contributed by atoms with Gasteiger partial charge in [0.2, 0.25) is 11.5 Å². The molecule has 0 saturated heterocycles. The van der Waals surface area contributed by atoms with E-state index >= 15 is 0 Å². The Morgan fingerprint density at radius 3 is 2.84 bits per heavy atom. The first-order valence-corrected chi connectivity index (χ1v) is 6.00. The Bertz CT molecular complexity index is 716. The van der Waals surface area contributed by atoms with E-state index < -0.39 is 0 Å². The van der Waals surface area contributed by atoms with Gasteiger partial charge in [0, 0.05) is 12.4 Å². The average molecular weight is 258 g/mol. The van der Waals surface area contributed by atoms with Crippen LogP contribution >= 0.6 is 0 Å². The van der Waals surface area contributed by atoms with E-state index in [4.69, 9.17) is 4.42 Å². The van der Waals surface area contributed by atoms with Gasteiger partial charge in [-0.1, -0.05) is 0 Å². The Balaban J connectivity index is 1.93. The summed E-state index contributed by atoms with van der Waals surface area (Å²) in [6.07, 6.45) is 5.23. The second kappa shape index (κ2) is 4.34.